The average Bonchev–Trinajstić information content (AvgIpc) is 2.10. The molecule has 0 aliphatic heterocycles. The predicted molar refractivity (Wildman–Crippen MR) is 56.8 cm³/mol. The van der Waals surface area contributed by atoms with Crippen LogP contribution in [0.4, 0.5) is 0 Å². The van der Waals surface area contributed by atoms with E-state index in [9.17, 15) is 0 Å². The number of hydrogen-bond acceptors (Lipinski definition) is 3. The van der Waals surface area contributed by atoms with Gasteiger partial charge in [0.1, 0.15) is 0 Å². The Labute approximate surface area is 80.1 Å². The van der Waals surface area contributed by atoms with Gasteiger partial charge >= 0.3 is 0 Å². The minimum Gasteiger partial charge on any atom is -0.396 e. The molecular weight excluding hydrogens is 170 g/mol. The smallest absolute Gasteiger partial charge is 0.0431 e. The van der Waals surface area contributed by atoms with Crippen molar-refractivity contribution in [2.24, 2.45) is 0 Å². The molecule has 3 heteroatoms. The Morgan fingerprint density at radius 1 is 1.33 bits per heavy atom. The molecule has 12 heavy (non-hydrogen) atoms. The fourth-order valence-electron chi connectivity index (χ4n) is 0.910. The fourth-order valence-corrected chi connectivity index (χ4v) is 1.26. The molecule has 0 fully saturated rings. The molecule has 0 spiro atoms. The number of hydrogen-bond donors (Lipinski definition) is 2. The van der Waals surface area contributed by atoms with Gasteiger partial charge in [0.15, 0.2) is 0 Å². The van der Waals surface area contributed by atoms with Gasteiger partial charge in [0.2, 0.25) is 0 Å². The molecule has 0 saturated carbocycles. The largest absolute Gasteiger partial charge is 0.396 e. The lowest BCUT2D eigenvalue weighted by atomic mass is 10.3. The highest BCUT2D eigenvalue weighted by molar-refractivity contribution is 7.99. The Morgan fingerprint density at radius 2 is 2.08 bits per heavy atom. The van der Waals surface area contributed by atoms with Crippen LogP contribution in [0.1, 0.15) is 26.2 Å². The topological polar surface area (TPSA) is 32.3 Å². The van der Waals surface area contributed by atoms with Gasteiger partial charge in [-0.25, -0.2) is 0 Å². The van der Waals surface area contributed by atoms with E-state index in [1.165, 1.54) is 6.42 Å². The van der Waals surface area contributed by atoms with Crippen LogP contribution in [0.3, 0.4) is 0 Å². The number of aliphatic hydroxyl groups is 1. The summed E-state index contributed by atoms with van der Waals surface area (Å²) in [5.41, 5.74) is 0. The Kier molecular flexibility index (Phi) is 9.57. The van der Waals surface area contributed by atoms with Crippen LogP contribution >= 0.6 is 11.8 Å². The average molecular weight is 191 g/mol. The number of unbranched alkanes of at least 4 members (excludes halogenated alkanes) is 1. The van der Waals surface area contributed by atoms with E-state index < -0.39 is 0 Å². The van der Waals surface area contributed by atoms with Crippen molar-refractivity contribution in [2.45, 2.75) is 31.4 Å². The summed E-state index contributed by atoms with van der Waals surface area (Å²) in [6.45, 7) is 4.72. The zero-order chi connectivity index (χ0) is 9.23. The van der Waals surface area contributed by atoms with E-state index in [4.69, 9.17) is 5.11 Å². The second-order valence-electron chi connectivity index (χ2n) is 3.02. The van der Waals surface area contributed by atoms with Crippen LogP contribution < -0.4 is 5.32 Å². The lowest BCUT2D eigenvalue weighted by Crippen LogP contribution is -2.19. The van der Waals surface area contributed by atoms with E-state index >= 15 is 0 Å². The zero-order valence-corrected chi connectivity index (χ0v) is 8.99. The first-order valence-corrected chi connectivity index (χ1v) is 5.94. The molecule has 0 amide bonds. The minimum absolute atomic E-state index is 0.322. The van der Waals surface area contributed by atoms with Crippen LogP contribution in [0.15, 0.2) is 0 Å². The Morgan fingerprint density at radius 3 is 2.67 bits per heavy atom. The van der Waals surface area contributed by atoms with E-state index in [2.05, 4.69) is 18.5 Å². The summed E-state index contributed by atoms with van der Waals surface area (Å²) in [5, 5.41) is 12.6. The molecule has 74 valence electrons. The highest BCUT2D eigenvalue weighted by Crippen LogP contribution is 2.07. The summed E-state index contributed by atoms with van der Waals surface area (Å²) in [7, 11) is 0. The summed E-state index contributed by atoms with van der Waals surface area (Å²) < 4.78 is 0. The van der Waals surface area contributed by atoms with Crippen LogP contribution in [-0.2, 0) is 0 Å². The summed E-state index contributed by atoms with van der Waals surface area (Å²) in [4.78, 5) is 0. The molecule has 1 atom stereocenters. The van der Waals surface area contributed by atoms with Gasteiger partial charge in [0, 0.05) is 11.9 Å². The number of nitrogens with one attached hydrogen (secondary N) is 1. The van der Waals surface area contributed by atoms with Crippen LogP contribution in [0.2, 0.25) is 0 Å². The second-order valence-corrected chi connectivity index (χ2v) is 4.29. The number of rotatable bonds is 8. The third-order valence-electron chi connectivity index (χ3n) is 1.89. The van der Waals surface area contributed by atoms with Gasteiger partial charge in [-0.2, -0.15) is 11.8 Å². The molecule has 0 heterocycles. The van der Waals surface area contributed by atoms with Crippen molar-refractivity contribution in [3.8, 4) is 0 Å². The molecule has 0 rings (SSSR count). The molecule has 0 radical (unpaired) electrons. The van der Waals surface area contributed by atoms with Crippen LogP contribution in [0, 0.1) is 0 Å². The molecule has 1 unspecified atom stereocenters. The van der Waals surface area contributed by atoms with Crippen LogP contribution in [0.5, 0.6) is 0 Å². The highest BCUT2D eigenvalue weighted by Gasteiger charge is 1.97. The molecule has 0 aromatic carbocycles. The van der Waals surface area contributed by atoms with Crippen molar-refractivity contribution in [2.75, 3.05) is 26.0 Å². The van der Waals surface area contributed by atoms with Crippen molar-refractivity contribution >= 4 is 11.8 Å². The first-order chi connectivity index (χ1) is 5.81. The third-order valence-corrected chi connectivity index (χ3v) is 2.93. The molecule has 0 aromatic heterocycles. The van der Waals surface area contributed by atoms with Gasteiger partial charge in [-0.3, -0.25) is 0 Å². The van der Waals surface area contributed by atoms with Crippen molar-refractivity contribution in [3.63, 3.8) is 0 Å². The molecular formula is C9H21NOS. The maximum absolute atomic E-state index is 8.52. The summed E-state index contributed by atoms with van der Waals surface area (Å²) in [6.07, 6.45) is 5.39. The molecule has 0 bridgehead atoms. The van der Waals surface area contributed by atoms with E-state index in [1.807, 2.05) is 11.8 Å². The predicted octanol–water partition coefficient (Wildman–Crippen LogP) is 1.49. The van der Waals surface area contributed by atoms with Gasteiger partial charge in [0.25, 0.3) is 0 Å². The van der Waals surface area contributed by atoms with Gasteiger partial charge in [-0.15, -0.1) is 0 Å². The van der Waals surface area contributed by atoms with Crippen molar-refractivity contribution in [1.29, 1.82) is 0 Å². The van der Waals surface area contributed by atoms with Gasteiger partial charge in [0.05, 0.1) is 0 Å². The van der Waals surface area contributed by atoms with E-state index in [1.54, 1.807) is 0 Å². The lowest BCUT2D eigenvalue weighted by molar-refractivity contribution is 0.283. The van der Waals surface area contributed by atoms with E-state index in [0.29, 0.717) is 6.61 Å². The van der Waals surface area contributed by atoms with Gasteiger partial charge < -0.3 is 10.4 Å². The maximum Gasteiger partial charge on any atom is 0.0431 e. The molecule has 0 aliphatic rings. The Balaban J connectivity index is 2.90. The first kappa shape index (κ1) is 12.3. The van der Waals surface area contributed by atoms with Gasteiger partial charge in [-0.05, 0) is 38.6 Å². The number of aliphatic hydroxyl groups excluding tert-OH is 1. The molecule has 2 N–H and O–H groups in total. The summed E-state index contributed by atoms with van der Waals surface area (Å²) in [6, 6.07) is 0. The Bertz CT molecular complexity index is 90.6. The zero-order valence-electron chi connectivity index (χ0n) is 8.18. The van der Waals surface area contributed by atoms with E-state index in [-0.39, 0.29) is 0 Å². The van der Waals surface area contributed by atoms with Crippen molar-refractivity contribution < 1.29 is 5.11 Å². The Hall–Kier alpha value is 0.270. The van der Waals surface area contributed by atoms with Crippen LogP contribution in [0.25, 0.3) is 0 Å². The van der Waals surface area contributed by atoms with Crippen molar-refractivity contribution in [3.05, 3.63) is 0 Å². The molecule has 0 aromatic rings. The molecule has 0 saturated heterocycles. The van der Waals surface area contributed by atoms with E-state index in [0.717, 1.165) is 31.2 Å². The first-order valence-electron chi connectivity index (χ1n) is 4.65. The molecule has 2 nitrogen and oxygen atoms in total. The lowest BCUT2D eigenvalue weighted by Gasteiger charge is -2.08. The quantitative estimate of drug-likeness (QED) is 0.570. The normalized spacial score (nSPS) is 13.2. The second kappa shape index (κ2) is 9.36. The minimum atomic E-state index is 0.322. The highest BCUT2D eigenvalue weighted by atomic mass is 32.2. The SMILES string of the molecule is CSC(C)CCNCCCCO. The van der Waals surface area contributed by atoms with Crippen LogP contribution in [-0.4, -0.2) is 36.3 Å². The van der Waals surface area contributed by atoms with Gasteiger partial charge in [-0.1, -0.05) is 6.92 Å². The third kappa shape index (κ3) is 8.37. The standard InChI is InChI=1S/C9H21NOS/c1-9(12-2)5-7-10-6-3-4-8-11/h9-11H,3-8H2,1-2H3. The summed E-state index contributed by atoms with van der Waals surface area (Å²) in [5.74, 6) is 0. The summed E-state index contributed by atoms with van der Waals surface area (Å²) >= 11 is 1.91. The monoisotopic (exact) mass is 191 g/mol. The maximum atomic E-state index is 8.52. The number of thioether (sulfide) groups is 1. The van der Waals surface area contributed by atoms with Crippen molar-refractivity contribution in [1.82, 2.24) is 5.32 Å². The molecule has 0 aliphatic carbocycles. The fraction of sp³-hybridized carbons (Fsp3) is 1.00.